The van der Waals surface area contributed by atoms with Crippen LogP contribution in [0.5, 0.6) is 0 Å². The third-order valence-electron chi connectivity index (χ3n) is 5.34. The molecule has 1 fully saturated rings. The van der Waals surface area contributed by atoms with Crippen molar-refractivity contribution in [2.75, 3.05) is 13.1 Å². The fourth-order valence-corrected chi connectivity index (χ4v) is 4.08. The van der Waals surface area contributed by atoms with Gasteiger partial charge in [0.25, 0.3) is 5.56 Å². The Hall–Kier alpha value is -2.14. The molecule has 1 aromatic heterocycles. The van der Waals surface area contributed by atoms with Gasteiger partial charge in [-0.3, -0.25) is 14.5 Å². The Morgan fingerprint density at radius 3 is 2.85 bits per heavy atom. The second kappa shape index (κ2) is 8.04. The molecule has 0 aliphatic carbocycles. The molecule has 0 spiro atoms. The third kappa shape index (κ3) is 4.33. The molecule has 5 heteroatoms. The van der Waals surface area contributed by atoms with Crippen molar-refractivity contribution in [2.45, 2.75) is 59.0 Å². The molecule has 2 aromatic rings. The fraction of sp³-hybridized carbons (Fsp3) is 0.524. The van der Waals surface area contributed by atoms with Crippen LogP contribution in [0.1, 0.15) is 49.3 Å². The minimum atomic E-state index is 0.00985. The van der Waals surface area contributed by atoms with Gasteiger partial charge >= 0.3 is 0 Å². The largest absolute Gasteiger partial charge is 0.356 e. The van der Waals surface area contributed by atoms with Gasteiger partial charge in [-0.15, -0.1) is 0 Å². The standard InChI is InChI=1S/C21H29N3O2/c1-14-10-15(2)20-17(11-14)12-18(21(26)23-20)13-24-9-5-4-6-19(24)7-8-22-16(3)25/h10-12,19H,4-9,13H2,1-3H3,(H,22,25)(H,23,26)/t19-/m1/s1. The van der Waals surface area contributed by atoms with E-state index in [1.54, 1.807) is 6.92 Å². The molecule has 26 heavy (non-hydrogen) atoms. The number of fused-ring (bicyclic) bond motifs is 1. The molecule has 0 saturated carbocycles. The topological polar surface area (TPSA) is 65.2 Å². The molecule has 140 valence electrons. The van der Waals surface area contributed by atoms with E-state index < -0.39 is 0 Å². The molecule has 1 saturated heterocycles. The number of pyridine rings is 1. The summed E-state index contributed by atoms with van der Waals surface area (Å²) in [4.78, 5) is 29.2. The van der Waals surface area contributed by atoms with Gasteiger partial charge < -0.3 is 10.3 Å². The summed E-state index contributed by atoms with van der Waals surface area (Å²) >= 11 is 0. The molecule has 2 N–H and O–H groups in total. The summed E-state index contributed by atoms with van der Waals surface area (Å²) in [5.74, 6) is 0.0177. The summed E-state index contributed by atoms with van der Waals surface area (Å²) in [7, 11) is 0. The molecule has 1 aliphatic heterocycles. The summed E-state index contributed by atoms with van der Waals surface area (Å²) in [6.07, 6.45) is 4.45. The molecule has 5 nitrogen and oxygen atoms in total. The molecule has 3 rings (SSSR count). The van der Waals surface area contributed by atoms with Crippen LogP contribution in [0.15, 0.2) is 23.0 Å². The number of hydrogen-bond acceptors (Lipinski definition) is 3. The van der Waals surface area contributed by atoms with Crippen LogP contribution >= 0.6 is 0 Å². The molecule has 1 aromatic carbocycles. The van der Waals surface area contributed by atoms with Crippen molar-refractivity contribution in [1.82, 2.24) is 15.2 Å². The molecular formula is C21H29N3O2. The number of carbonyl (C=O) groups is 1. The van der Waals surface area contributed by atoms with E-state index >= 15 is 0 Å². The van der Waals surface area contributed by atoms with Gasteiger partial charge in [0, 0.05) is 31.6 Å². The maximum atomic E-state index is 12.6. The van der Waals surface area contributed by atoms with Crippen LogP contribution in [0, 0.1) is 13.8 Å². The SMILES string of the molecule is CC(=O)NCC[C@H]1CCCCN1Cc1cc2cc(C)cc(C)c2[nH]c1=O. The number of nitrogens with one attached hydrogen (secondary N) is 2. The zero-order valence-electron chi connectivity index (χ0n) is 16.0. The Morgan fingerprint density at radius 2 is 2.08 bits per heavy atom. The molecule has 1 amide bonds. The van der Waals surface area contributed by atoms with Crippen LogP contribution in [-0.4, -0.2) is 34.9 Å². The summed E-state index contributed by atoms with van der Waals surface area (Å²) in [5.41, 5.74) is 4.09. The monoisotopic (exact) mass is 355 g/mol. The first-order chi connectivity index (χ1) is 12.4. The third-order valence-corrected chi connectivity index (χ3v) is 5.34. The number of likely N-dealkylation sites (tertiary alicyclic amines) is 1. The number of aromatic amines is 1. The molecule has 0 unspecified atom stereocenters. The van der Waals surface area contributed by atoms with Crippen molar-refractivity contribution in [3.8, 4) is 0 Å². The van der Waals surface area contributed by atoms with Gasteiger partial charge in [-0.2, -0.15) is 0 Å². The van der Waals surface area contributed by atoms with Crippen LogP contribution in [-0.2, 0) is 11.3 Å². The number of rotatable bonds is 5. The van der Waals surface area contributed by atoms with E-state index in [2.05, 4.69) is 34.3 Å². The highest BCUT2D eigenvalue weighted by Gasteiger charge is 2.23. The Kier molecular flexibility index (Phi) is 5.77. The second-order valence-electron chi connectivity index (χ2n) is 7.56. The van der Waals surface area contributed by atoms with Crippen LogP contribution in [0.2, 0.25) is 0 Å². The normalized spacial score (nSPS) is 18.2. The van der Waals surface area contributed by atoms with Gasteiger partial charge in [0.1, 0.15) is 0 Å². The first kappa shape index (κ1) is 18.6. The number of aryl methyl sites for hydroxylation is 2. The maximum absolute atomic E-state index is 12.6. The number of H-pyrrole nitrogens is 1. The second-order valence-corrected chi connectivity index (χ2v) is 7.56. The minimum absolute atomic E-state index is 0.00985. The predicted octanol–water partition coefficient (Wildman–Crippen LogP) is 3.03. The minimum Gasteiger partial charge on any atom is -0.356 e. The lowest BCUT2D eigenvalue weighted by Crippen LogP contribution is -2.42. The zero-order chi connectivity index (χ0) is 18.7. The van der Waals surface area contributed by atoms with Gasteiger partial charge in [-0.05, 0) is 62.7 Å². The summed E-state index contributed by atoms with van der Waals surface area (Å²) in [5, 5.41) is 3.99. The number of piperidine rings is 1. The van der Waals surface area contributed by atoms with Gasteiger partial charge in [0.15, 0.2) is 0 Å². The maximum Gasteiger partial charge on any atom is 0.252 e. The summed E-state index contributed by atoms with van der Waals surface area (Å²) < 4.78 is 0. The molecule has 0 radical (unpaired) electrons. The number of carbonyl (C=O) groups excluding carboxylic acids is 1. The van der Waals surface area contributed by atoms with Crippen molar-refractivity contribution >= 4 is 16.8 Å². The van der Waals surface area contributed by atoms with E-state index in [-0.39, 0.29) is 11.5 Å². The molecule has 0 bridgehead atoms. The number of benzene rings is 1. The quantitative estimate of drug-likeness (QED) is 0.866. The van der Waals surface area contributed by atoms with Crippen LogP contribution < -0.4 is 10.9 Å². The highest BCUT2D eigenvalue weighted by Crippen LogP contribution is 2.23. The van der Waals surface area contributed by atoms with E-state index in [4.69, 9.17) is 0 Å². The lowest BCUT2D eigenvalue weighted by atomic mass is 9.98. The smallest absolute Gasteiger partial charge is 0.252 e. The van der Waals surface area contributed by atoms with Crippen molar-refractivity contribution < 1.29 is 4.79 Å². The van der Waals surface area contributed by atoms with Crippen LogP contribution in [0.25, 0.3) is 10.9 Å². The number of aromatic nitrogens is 1. The van der Waals surface area contributed by atoms with Crippen molar-refractivity contribution in [2.24, 2.45) is 0 Å². The Balaban J connectivity index is 1.80. The predicted molar refractivity (Wildman–Crippen MR) is 105 cm³/mol. The fourth-order valence-electron chi connectivity index (χ4n) is 4.08. The Labute approximate surface area is 154 Å². The number of hydrogen-bond donors (Lipinski definition) is 2. The zero-order valence-corrected chi connectivity index (χ0v) is 16.0. The summed E-state index contributed by atoms with van der Waals surface area (Å²) in [6, 6.07) is 6.70. The van der Waals surface area contributed by atoms with E-state index in [0.717, 1.165) is 41.4 Å². The molecular weight excluding hydrogens is 326 g/mol. The van der Waals surface area contributed by atoms with E-state index in [9.17, 15) is 9.59 Å². The number of amides is 1. The van der Waals surface area contributed by atoms with E-state index in [0.29, 0.717) is 19.1 Å². The number of nitrogens with zero attached hydrogens (tertiary/aromatic N) is 1. The Morgan fingerprint density at radius 1 is 1.27 bits per heavy atom. The molecule has 2 heterocycles. The Bertz CT molecular complexity index is 856. The van der Waals surface area contributed by atoms with Crippen LogP contribution in [0.3, 0.4) is 0 Å². The lowest BCUT2D eigenvalue weighted by molar-refractivity contribution is -0.119. The van der Waals surface area contributed by atoms with Gasteiger partial charge in [-0.25, -0.2) is 0 Å². The molecule has 1 aliphatic rings. The average Bonchev–Trinajstić information content (AvgIpc) is 2.57. The van der Waals surface area contributed by atoms with Gasteiger partial charge in [0.2, 0.25) is 5.91 Å². The highest BCUT2D eigenvalue weighted by atomic mass is 16.1. The van der Waals surface area contributed by atoms with Crippen molar-refractivity contribution in [1.29, 1.82) is 0 Å². The average molecular weight is 355 g/mol. The lowest BCUT2D eigenvalue weighted by Gasteiger charge is -2.35. The first-order valence-corrected chi connectivity index (χ1v) is 9.55. The van der Waals surface area contributed by atoms with Crippen LogP contribution in [0.4, 0.5) is 0 Å². The molecule has 1 atom stereocenters. The highest BCUT2D eigenvalue weighted by molar-refractivity contribution is 5.82. The van der Waals surface area contributed by atoms with Gasteiger partial charge in [0.05, 0.1) is 5.52 Å². The summed E-state index contributed by atoms with van der Waals surface area (Å²) in [6.45, 7) is 8.05. The first-order valence-electron chi connectivity index (χ1n) is 9.55. The van der Waals surface area contributed by atoms with E-state index in [1.165, 1.54) is 18.4 Å². The van der Waals surface area contributed by atoms with Crippen molar-refractivity contribution in [3.05, 3.63) is 45.2 Å². The van der Waals surface area contributed by atoms with E-state index in [1.807, 2.05) is 13.0 Å². The van der Waals surface area contributed by atoms with Crippen molar-refractivity contribution in [3.63, 3.8) is 0 Å². The van der Waals surface area contributed by atoms with Gasteiger partial charge in [-0.1, -0.05) is 18.1 Å².